The Balaban J connectivity index is 1.92. The zero-order valence-corrected chi connectivity index (χ0v) is 13.5. The monoisotopic (exact) mass is 333 g/mol. The summed E-state index contributed by atoms with van der Waals surface area (Å²) >= 11 is 0. The van der Waals surface area contributed by atoms with E-state index in [2.05, 4.69) is 25.9 Å². The predicted molar refractivity (Wildman–Crippen MR) is 86.7 cm³/mol. The molecule has 0 aliphatic carbocycles. The zero-order chi connectivity index (χ0) is 17.4. The van der Waals surface area contributed by atoms with Crippen molar-refractivity contribution < 1.29 is 14.3 Å². The van der Waals surface area contributed by atoms with Crippen LogP contribution in [0.25, 0.3) is 0 Å². The van der Waals surface area contributed by atoms with Gasteiger partial charge < -0.3 is 15.2 Å². The van der Waals surface area contributed by atoms with Crippen molar-refractivity contribution in [2.45, 2.75) is 19.9 Å². The number of hydrogen-bond acceptors (Lipinski definition) is 8. The summed E-state index contributed by atoms with van der Waals surface area (Å²) in [5.41, 5.74) is 8.42. The summed E-state index contributed by atoms with van der Waals surface area (Å²) in [4.78, 5) is 12.7. The van der Waals surface area contributed by atoms with Crippen LogP contribution in [0.4, 0.5) is 5.95 Å². The van der Waals surface area contributed by atoms with E-state index in [0.717, 1.165) is 16.8 Å². The lowest BCUT2D eigenvalue weighted by Crippen LogP contribution is -2.24. The third-order valence-corrected chi connectivity index (χ3v) is 2.81. The molecule has 10 nitrogen and oxygen atoms in total. The zero-order valence-electron chi connectivity index (χ0n) is 13.5. The number of nitrogens with one attached hydrogen (secondary N) is 1. The Labute approximate surface area is 138 Å². The van der Waals surface area contributed by atoms with Crippen LogP contribution in [0.5, 0.6) is 11.5 Å². The van der Waals surface area contributed by atoms with E-state index >= 15 is 0 Å². The standard InChI is InChI=1S/C14H19N7O3/c1-3-6-24-11-5-4-10(7-12(11)23-2)8-16-17-13(22)9-21-19-14(15)18-20-21/h4-5,7-8H,3,6,9H2,1-2H3,(H2,15,19)(H,17,22)/b16-8-. The van der Waals surface area contributed by atoms with E-state index in [-0.39, 0.29) is 12.5 Å². The van der Waals surface area contributed by atoms with Crippen LogP contribution in [-0.4, -0.2) is 46.0 Å². The number of rotatable bonds is 8. The number of nitrogens with zero attached hydrogens (tertiary/aromatic N) is 5. The molecule has 2 aromatic rings. The number of aromatic nitrogens is 4. The first kappa shape index (κ1) is 17.2. The summed E-state index contributed by atoms with van der Waals surface area (Å²) in [6.07, 6.45) is 2.40. The molecule has 2 rings (SSSR count). The van der Waals surface area contributed by atoms with Crippen LogP contribution in [0.3, 0.4) is 0 Å². The number of tetrazole rings is 1. The summed E-state index contributed by atoms with van der Waals surface area (Å²) in [6, 6.07) is 5.36. The van der Waals surface area contributed by atoms with Crippen molar-refractivity contribution in [1.82, 2.24) is 25.6 Å². The number of benzene rings is 1. The maximum Gasteiger partial charge on any atom is 0.263 e. The Morgan fingerprint density at radius 3 is 2.96 bits per heavy atom. The van der Waals surface area contributed by atoms with Gasteiger partial charge in [0.15, 0.2) is 11.5 Å². The Morgan fingerprint density at radius 1 is 1.46 bits per heavy atom. The molecule has 0 unspecified atom stereocenters. The van der Waals surface area contributed by atoms with E-state index in [4.69, 9.17) is 15.2 Å². The highest BCUT2D eigenvalue weighted by atomic mass is 16.5. The fourth-order valence-corrected chi connectivity index (χ4v) is 1.76. The molecule has 0 aliphatic rings. The smallest absolute Gasteiger partial charge is 0.263 e. The molecule has 1 aromatic carbocycles. The summed E-state index contributed by atoms with van der Waals surface area (Å²) < 4.78 is 10.9. The molecule has 1 amide bonds. The third-order valence-electron chi connectivity index (χ3n) is 2.81. The number of hydrazone groups is 1. The molecule has 1 heterocycles. The van der Waals surface area contributed by atoms with Gasteiger partial charge in [-0.05, 0) is 35.4 Å². The SMILES string of the molecule is CCCOc1ccc(/C=N\NC(=O)Cn2nnc(N)n2)cc1OC. The number of hydrogen-bond donors (Lipinski definition) is 2. The lowest BCUT2D eigenvalue weighted by Gasteiger charge is -2.10. The second kappa shape index (κ2) is 8.46. The van der Waals surface area contributed by atoms with Gasteiger partial charge in [0.25, 0.3) is 11.9 Å². The normalized spacial score (nSPS) is 10.8. The summed E-state index contributed by atoms with van der Waals surface area (Å²) in [5, 5.41) is 14.6. The Kier molecular flexibility index (Phi) is 6.06. The van der Waals surface area contributed by atoms with Crippen LogP contribution in [0.1, 0.15) is 18.9 Å². The van der Waals surface area contributed by atoms with E-state index in [1.54, 1.807) is 19.2 Å². The minimum Gasteiger partial charge on any atom is -0.493 e. The minimum atomic E-state index is -0.404. The number of carbonyl (C=O) groups excluding carboxylic acids is 1. The van der Waals surface area contributed by atoms with Crippen molar-refractivity contribution in [3.63, 3.8) is 0 Å². The van der Waals surface area contributed by atoms with Crippen molar-refractivity contribution in [2.75, 3.05) is 19.5 Å². The van der Waals surface area contributed by atoms with Gasteiger partial charge in [-0.2, -0.15) is 9.90 Å². The summed E-state index contributed by atoms with van der Waals surface area (Å²) in [7, 11) is 1.56. The Hall–Kier alpha value is -3.17. The maximum absolute atomic E-state index is 11.7. The third kappa shape index (κ3) is 4.93. The fraction of sp³-hybridized carbons (Fsp3) is 0.357. The second-order valence-electron chi connectivity index (χ2n) is 4.73. The second-order valence-corrected chi connectivity index (χ2v) is 4.73. The quantitative estimate of drug-likeness (QED) is 0.521. The van der Waals surface area contributed by atoms with Crippen LogP contribution in [0.15, 0.2) is 23.3 Å². The van der Waals surface area contributed by atoms with Crippen LogP contribution < -0.4 is 20.6 Å². The van der Waals surface area contributed by atoms with E-state index in [9.17, 15) is 4.79 Å². The first-order chi connectivity index (χ1) is 11.6. The molecule has 10 heteroatoms. The largest absolute Gasteiger partial charge is 0.493 e. The molecule has 0 saturated heterocycles. The average molecular weight is 333 g/mol. The molecule has 0 saturated carbocycles. The van der Waals surface area contributed by atoms with Gasteiger partial charge in [-0.15, -0.1) is 5.10 Å². The van der Waals surface area contributed by atoms with Crippen LogP contribution >= 0.6 is 0 Å². The van der Waals surface area contributed by atoms with Gasteiger partial charge in [0.05, 0.1) is 19.9 Å². The van der Waals surface area contributed by atoms with Crippen molar-refractivity contribution in [1.29, 1.82) is 0 Å². The highest BCUT2D eigenvalue weighted by molar-refractivity contribution is 5.83. The molecular formula is C14H19N7O3. The molecule has 3 N–H and O–H groups in total. The topological polar surface area (TPSA) is 130 Å². The van der Waals surface area contributed by atoms with Gasteiger partial charge in [-0.25, -0.2) is 5.43 Å². The van der Waals surface area contributed by atoms with Gasteiger partial charge in [0.2, 0.25) is 0 Å². The summed E-state index contributed by atoms with van der Waals surface area (Å²) in [6.45, 7) is 2.51. The molecule has 1 aromatic heterocycles. The van der Waals surface area contributed by atoms with Gasteiger partial charge >= 0.3 is 0 Å². The molecule has 0 radical (unpaired) electrons. The molecule has 0 spiro atoms. The molecule has 128 valence electrons. The molecular weight excluding hydrogens is 314 g/mol. The number of methoxy groups -OCH3 is 1. The highest BCUT2D eigenvalue weighted by Gasteiger charge is 2.06. The first-order valence-corrected chi connectivity index (χ1v) is 7.28. The number of amides is 1. The maximum atomic E-state index is 11.7. The molecule has 24 heavy (non-hydrogen) atoms. The van der Waals surface area contributed by atoms with E-state index < -0.39 is 5.91 Å². The van der Waals surface area contributed by atoms with Crippen LogP contribution in [-0.2, 0) is 11.3 Å². The number of anilines is 1. The van der Waals surface area contributed by atoms with Gasteiger partial charge in [-0.1, -0.05) is 12.0 Å². The lowest BCUT2D eigenvalue weighted by molar-refractivity contribution is -0.122. The van der Waals surface area contributed by atoms with Crippen LogP contribution in [0, 0.1) is 0 Å². The lowest BCUT2D eigenvalue weighted by atomic mass is 10.2. The van der Waals surface area contributed by atoms with Gasteiger partial charge in [0.1, 0.15) is 6.54 Å². The number of carbonyl (C=O) groups is 1. The molecule has 0 fully saturated rings. The van der Waals surface area contributed by atoms with E-state index in [1.807, 2.05) is 13.0 Å². The van der Waals surface area contributed by atoms with Crippen molar-refractivity contribution >= 4 is 18.1 Å². The van der Waals surface area contributed by atoms with E-state index in [1.165, 1.54) is 6.21 Å². The van der Waals surface area contributed by atoms with Crippen molar-refractivity contribution in [3.05, 3.63) is 23.8 Å². The minimum absolute atomic E-state index is 0.00350. The first-order valence-electron chi connectivity index (χ1n) is 7.28. The van der Waals surface area contributed by atoms with Crippen molar-refractivity contribution in [3.8, 4) is 11.5 Å². The fourth-order valence-electron chi connectivity index (χ4n) is 1.76. The van der Waals surface area contributed by atoms with E-state index in [0.29, 0.717) is 18.1 Å². The Bertz CT molecular complexity index is 714. The molecule has 0 aliphatic heterocycles. The van der Waals surface area contributed by atoms with Crippen LogP contribution in [0.2, 0.25) is 0 Å². The van der Waals surface area contributed by atoms with Crippen molar-refractivity contribution in [2.24, 2.45) is 5.10 Å². The molecule has 0 bridgehead atoms. The predicted octanol–water partition coefficient (Wildman–Crippen LogP) is 0.203. The van der Waals surface area contributed by atoms with Gasteiger partial charge in [-0.3, -0.25) is 4.79 Å². The number of nitrogens with two attached hydrogens (primary N) is 1. The number of nitrogen functional groups attached to an aromatic ring is 1. The highest BCUT2D eigenvalue weighted by Crippen LogP contribution is 2.27. The van der Waals surface area contributed by atoms with Gasteiger partial charge in [0, 0.05) is 0 Å². The summed E-state index contributed by atoms with van der Waals surface area (Å²) in [5.74, 6) is 0.860. The molecule has 0 atom stereocenters. The number of ether oxygens (including phenoxy) is 2. The Morgan fingerprint density at radius 2 is 2.29 bits per heavy atom. The average Bonchev–Trinajstić information content (AvgIpc) is 2.98.